The van der Waals surface area contributed by atoms with Crippen LogP contribution in [0.3, 0.4) is 0 Å². The van der Waals surface area contributed by atoms with Crippen LogP contribution in [0.2, 0.25) is 0 Å². The number of hydrogen-bond donors (Lipinski definition) is 5. The first-order valence-corrected chi connectivity index (χ1v) is 6.80. The van der Waals surface area contributed by atoms with Crippen LogP contribution < -0.4 is 11.1 Å². The molecule has 1 unspecified atom stereocenters. The van der Waals surface area contributed by atoms with E-state index in [1.54, 1.807) is 0 Å². The lowest BCUT2D eigenvalue weighted by molar-refractivity contribution is -0.0518. The van der Waals surface area contributed by atoms with Crippen LogP contribution in [-0.2, 0) is 9.86 Å². The van der Waals surface area contributed by atoms with E-state index in [9.17, 15) is 10.2 Å². The number of nitrogens with zero attached hydrogens (tertiary/aromatic N) is 3. The molecule has 0 aliphatic carbocycles. The molecule has 3 rings (SSSR count). The maximum Gasteiger partial charge on any atom is 0.233 e. The summed E-state index contributed by atoms with van der Waals surface area (Å²) in [7, 11) is 0. The summed E-state index contributed by atoms with van der Waals surface area (Å²) >= 11 is 11.9. The lowest BCUT2D eigenvalue weighted by Gasteiger charge is -2.25. The second kappa shape index (κ2) is 5.06. The van der Waals surface area contributed by atoms with Crippen LogP contribution in [0, 0.1) is 0 Å². The standard InChI is InChI=1S/C10H13Cl2N5O4/c11-9-15-7-6(10(12,13)16-9)14-2-17(7)8-5(20)4(19)3(1-18)21-8/h2-5,8,18-20H,1,13H2,(H,15,16)/t3-,4-,5-,8-,10?/m1/s1. The SMILES string of the molecule is NC1(Cl)N=C(Cl)Nc2c1ncn2[C@@H]1O[C@H](CO)[C@@H](O)[C@H]1O. The number of aromatic nitrogens is 2. The fourth-order valence-electron chi connectivity index (χ4n) is 2.37. The summed E-state index contributed by atoms with van der Waals surface area (Å²) < 4.78 is 6.80. The van der Waals surface area contributed by atoms with Crippen molar-refractivity contribution in [3.05, 3.63) is 12.0 Å². The van der Waals surface area contributed by atoms with Crippen LogP contribution in [0.25, 0.3) is 0 Å². The largest absolute Gasteiger partial charge is 0.394 e. The Morgan fingerprint density at radius 2 is 2.19 bits per heavy atom. The molecule has 9 nitrogen and oxygen atoms in total. The maximum absolute atomic E-state index is 10.0. The van der Waals surface area contributed by atoms with Crippen LogP contribution >= 0.6 is 23.2 Å². The van der Waals surface area contributed by atoms with Crippen LogP contribution in [-0.4, -0.2) is 55.1 Å². The van der Waals surface area contributed by atoms with Gasteiger partial charge in [0.1, 0.15) is 29.8 Å². The fraction of sp³-hybridized carbons (Fsp3) is 0.600. The molecule has 21 heavy (non-hydrogen) atoms. The number of fused-ring (bicyclic) bond motifs is 1. The van der Waals surface area contributed by atoms with E-state index in [0.717, 1.165) is 0 Å². The normalized spacial score (nSPS) is 38.9. The Morgan fingerprint density at radius 1 is 1.48 bits per heavy atom. The van der Waals surface area contributed by atoms with Gasteiger partial charge in [-0.2, -0.15) is 0 Å². The fourth-order valence-corrected chi connectivity index (χ4v) is 2.85. The van der Waals surface area contributed by atoms with Gasteiger partial charge in [-0.25, -0.2) is 9.98 Å². The van der Waals surface area contributed by atoms with E-state index in [4.69, 9.17) is 38.8 Å². The minimum atomic E-state index is -1.64. The van der Waals surface area contributed by atoms with Gasteiger partial charge in [0.15, 0.2) is 11.5 Å². The van der Waals surface area contributed by atoms with Crippen molar-refractivity contribution in [1.29, 1.82) is 0 Å². The smallest absolute Gasteiger partial charge is 0.233 e. The number of imidazole rings is 1. The number of nitrogens with two attached hydrogens (primary N) is 1. The molecule has 5 atom stereocenters. The number of rotatable bonds is 2. The molecule has 0 amide bonds. The first-order valence-electron chi connectivity index (χ1n) is 6.05. The Labute approximate surface area is 129 Å². The van der Waals surface area contributed by atoms with Crippen LogP contribution in [0.1, 0.15) is 11.9 Å². The summed E-state index contributed by atoms with van der Waals surface area (Å²) in [5.74, 6) is 0.294. The lowest BCUT2D eigenvalue weighted by Crippen LogP contribution is -2.36. The van der Waals surface area contributed by atoms with Crippen molar-refractivity contribution < 1.29 is 20.1 Å². The van der Waals surface area contributed by atoms with Gasteiger partial charge >= 0.3 is 0 Å². The van der Waals surface area contributed by atoms with Gasteiger partial charge in [-0.1, -0.05) is 11.6 Å². The molecule has 2 aliphatic rings. The summed E-state index contributed by atoms with van der Waals surface area (Å²) in [4.78, 5) is 7.85. The molecule has 0 radical (unpaired) electrons. The van der Waals surface area contributed by atoms with Crippen LogP contribution in [0.15, 0.2) is 11.3 Å². The van der Waals surface area contributed by atoms with E-state index in [1.807, 2.05) is 0 Å². The molecule has 0 saturated carbocycles. The molecule has 0 spiro atoms. The van der Waals surface area contributed by atoms with Crippen LogP contribution in [0.5, 0.6) is 0 Å². The summed E-state index contributed by atoms with van der Waals surface area (Å²) in [6, 6.07) is 0. The first kappa shape index (κ1) is 15.0. The Kier molecular flexibility index (Phi) is 3.61. The van der Waals surface area contributed by atoms with Crippen molar-refractivity contribution >= 4 is 34.3 Å². The minimum absolute atomic E-state index is 0.0477. The highest BCUT2D eigenvalue weighted by Gasteiger charge is 2.46. The average Bonchev–Trinajstić information content (AvgIpc) is 2.93. The molecule has 11 heteroatoms. The molecule has 3 heterocycles. The van der Waals surface area contributed by atoms with Crippen molar-refractivity contribution in [2.45, 2.75) is 29.7 Å². The second-order valence-electron chi connectivity index (χ2n) is 4.78. The van der Waals surface area contributed by atoms with Crippen molar-refractivity contribution in [2.24, 2.45) is 10.7 Å². The molecule has 6 N–H and O–H groups in total. The van der Waals surface area contributed by atoms with Gasteiger partial charge < -0.3 is 25.4 Å². The quantitative estimate of drug-likeness (QED) is 0.338. The van der Waals surface area contributed by atoms with Gasteiger partial charge in [-0.05, 0) is 11.6 Å². The zero-order valence-corrected chi connectivity index (χ0v) is 12.0. The third-order valence-electron chi connectivity index (χ3n) is 3.40. The number of aliphatic hydroxyl groups is 3. The summed E-state index contributed by atoms with van der Waals surface area (Å²) in [5.41, 5.74) is 5.99. The number of nitrogens with one attached hydrogen (secondary N) is 1. The van der Waals surface area contributed by atoms with E-state index < -0.39 is 36.3 Å². The molecular formula is C10H13Cl2N5O4. The second-order valence-corrected chi connectivity index (χ2v) is 5.71. The van der Waals surface area contributed by atoms with E-state index >= 15 is 0 Å². The number of aliphatic imine (C=N–C) groups is 1. The average molecular weight is 338 g/mol. The number of alkyl halides is 1. The van der Waals surface area contributed by atoms with Gasteiger partial charge in [0.25, 0.3) is 0 Å². The van der Waals surface area contributed by atoms with Crippen molar-refractivity contribution in [3.8, 4) is 0 Å². The molecule has 1 saturated heterocycles. The monoisotopic (exact) mass is 337 g/mol. The minimum Gasteiger partial charge on any atom is -0.394 e. The van der Waals surface area contributed by atoms with Gasteiger partial charge in [0.2, 0.25) is 5.12 Å². The number of ether oxygens (including phenoxy) is 1. The predicted octanol–water partition coefficient (Wildman–Crippen LogP) is -1.18. The van der Waals surface area contributed by atoms with Gasteiger partial charge in [0, 0.05) is 0 Å². The van der Waals surface area contributed by atoms with Crippen LogP contribution in [0.4, 0.5) is 5.82 Å². The summed E-state index contributed by atoms with van der Waals surface area (Å²) in [6.07, 6.45) is -3.05. The Morgan fingerprint density at radius 3 is 2.81 bits per heavy atom. The zero-order chi connectivity index (χ0) is 15.4. The topological polar surface area (TPSA) is 138 Å². The number of hydrogen-bond acceptors (Lipinski definition) is 8. The number of halogens is 2. The van der Waals surface area contributed by atoms with Crippen molar-refractivity contribution in [1.82, 2.24) is 9.55 Å². The third kappa shape index (κ3) is 2.30. The Hall–Kier alpha value is -0.940. The van der Waals surface area contributed by atoms with Gasteiger partial charge in [-0.3, -0.25) is 10.3 Å². The molecule has 1 fully saturated rings. The first-order chi connectivity index (χ1) is 9.85. The van der Waals surface area contributed by atoms with E-state index in [-0.39, 0.29) is 11.0 Å². The van der Waals surface area contributed by atoms with E-state index in [1.165, 1.54) is 10.9 Å². The van der Waals surface area contributed by atoms with Crippen molar-refractivity contribution in [2.75, 3.05) is 11.9 Å². The highest BCUT2D eigenvalue weighted by Crippen LogP contribution is 2.38. The lowest BCUT2D eigenvalue weighted by atomic mass is 10.1. The number of aliphatic hydroxyl groups excluding tert-OH is 3. The van der Waals surface area contributed by atoms with E-state index in [2.05, 4.69) is 15.3 Å². The van der Waals surface area contributed by atoms with Crippen molar-refractivity contribution in [3.63, 3.8) is 0 Å². The highest BCUT2D eigenvalue weighted by atomic mass is 35.5. The summed E-state index contributed by atoms with van der Waals surface area (Å²) in [5, 5.41) is 30.0. The molecule has 0 aromatic carbocycles. The van der Waals surface area contributed by atoms with Gasteiger partial charge in [0.05, 0.1) is 12.9 Å². The molecule has 1 aromatic heterocycles. The molecule has 2 aliphatic heterocycles. The summed E-state index contributed by atoms with van der Waals surface area (Å²) in [6.45, 7) is -0.433. The Balaban J connectivity index is 1.99. The highest BCUT2D eigenvalue weighted by molar-refractivity contribution is 6.68. The number of anilines is 1. The van der Waals surface area contributed by atoms with E-state index in [0.29, 0.717) is 5.82 Å². The predicted molar refractivity (Wildman–Crippen MR) is 73.9 cm³/mol. The molecule has 0 bridgehead atoms. The zero-order valence-electron chi connectivity index (χ0n) is 10.5. The molecule has 116 valence electrons. The Bertz CT molecular complexity index is 592. The third-order valence-corrected chi connectivity index (χ3v) is 3.84. The number of amidine groups is 1. The molecule has 1 aromatic rings. The van der Waals surface area contributed by atoms with Gasteiger partial charge in [-0.15, -0.1) is 0 Å². The maximum atomic E-state index is 10.0. The molecular weight excluding hydrogens is 325 g/mol.